The van der Waals surface area contributed by atoms with Crippen molar-refractivity contribution in [2.24, 2.45) is 5.92 Å². The van der Waals surface area contributed by atoms with Crippen LogP contribution in [0.4, 0.5) is 5.69 Å². The summed E-state index contributed by atoms with van der Waals surface area (Å²) in [6.45, 7) is 0. The van der Waals surface area contributed by atoms with Gasteiger partial charge in [0.1, 0.15) is 0 Å². The monoisotopic (exact) mass is 263 g/mol. The Labute approximate surface area is 103 Å². The molecule has 15 heavy (non-hydrogen) atoms. The Bertz CT molecular complexity index is 415. The first-order chi connectivity index (χ1) is 7.08. The smallest absolute Gasteiger partial charge is 0.227 e. The van der Waals surface area contributed by atoms with Crippen LogP contribution in [0.5, 0.6) is 0 Å². The molecule has 2 rings (SSSR count). The van der Waals surface area contributed by atoms with E-state index in [-0.39, 0.29) is 11.8 Å². The number of anilines is 1. The predicted molar refractivity (Wildman–Crippen MR) is 62.8 cm³/mol. The number of amides is 1. The third-order valence-corrected chi connectivity index (χ3v) is 3.25. The van der Waals surface area contributed by atoms with Gasteiger partial charge < -0.3 is 5.32 Å². The van der Waals surface area contributed by atoms with E-state index in [0.717, 1.165) is 12.8 Å². The van der Waals surface area contributed by atoms with E-state index < -0.39 is 0 Å². The summed E-state index contributed by atoms with van der Waals surface area (Å²) in [6, 6.07) is 3.08. The molecule has 1 aromatic rings. The maximum atomic E-state index is 11.5. The summed E-state index contributed by atoms with van der Waals surface area (Å²) in [5, 5.41) is 3.89. The van der Waals surface area contributed by atoms with E-state index in [1.165, 1.54) is 6.07 Å². The number of rotatable bonds is 2. The molecule has 0 aromatic heterocycles. The van der Waals surface area contributed by atoms with E-state index in [1.54, 1.807) is 6.07 Å². The molecule has 1 aromatic carbocycles. The number of halogens is 3. The van der Waals surface area contributed by atoms with Crippen molar-refractivity contribution >= 4 is 46.4 Å². The van der Waals surface area contributed by atoms with E-state index in [9.17, 15) is 4.79 Å². The molecule has 0 aliphatic heterocycles. The summed E-state index contributed by atoms with van der Waals surface area (Å²) in [6.07, 6.45) is 1.90. The van der Waals surface area contributed by atoms with Crippen molar-refractivity contribution in [3.05, 3.63) is 27.2 Å². The summed E-state index contributed by atoms with van der Waals surface area (Å²) in [4.78, 5) is 11.5. The van der Waals surface area contributed by atoms with Crippen LogP contribution in [0.2, 0.25) is 15.1 Å². The van der Waals surface area contributed by atoms with Crippen molar-refractivity contribution in [1.29, 1.82) is 0 Å². The minimum atomic E-state index is -0.00436. The number of hydrogen-bond acceptors (Lipinski definition) is 1. The van der Waals surface area contributed by atoms with Crippen LogP contribution in [0.3, 0.4) is 0 Å². The average Bonchev–Trinajstić information content (AvgIpc) is 2.97. The highest BCUT2D eigenvalue weighted by molar-refractivity contribution is 6.44. The lowest BCUT2D eigenvalue weighted by molar-refractivity contribution is -0.117. The number of benzene rings is 1. The van der Waals surface area contributed by atoms with E-state index in [0.29, 0.717) is 20.8 Å². The van der Waals surface area contributed by atoms with Gasteiger partial charge in [-0.15, -0.1) is 0 Å². The molecule has 1 fully saturated rings. The molecule has 0 saturated heterocycles. The summed E-state index contributed by atoms with van der Waals surface area (Å²) in [5.41, 5.74) is 0.517. The Morgan fingerprint density at radius 3 is 2.33 bits per heavy atom. The Balaban J connectivity index is 2.20. The topological polar surface area (TPSA) is 29.1 Å². The van der Waals surface area contributed by atoms with Gasteiger partial charge in [-0.3, -0.25) is 4.79 Å². The molecule has 1 aliphatic carbocycles. The molecule has 0 atom stereocenters. The summed E-state index contributed by atoms with van der Waals surface area (Å²) >= 11 is 17.5. The zero-order valence-electron chi connectivity index (χ0n) is 7.69. The fourth-order valence-corrected chi connectivity index (χ4v) is 1.79. The van der Waals surface area contributed by atoms with Crippen LogP contribution >= 0.6 is 34.8 Å². The summed E-state index contributed by atoms with van der Waals surface area (Å²) in [7, 11) is 0. The predicted octanol–water partition coefficient (Wildman–Crippen LogP) is 4.00. The molecule has 1 aliphatic rings. The maximum absolute atomic E-state index is 11.5. The van der Waals surface area contributed by atoms with Crippen LogP contribution in [0, 0.1) is 5.92 Å². The quantitative estimate of drug-likeness (QED) is 0.804. The molecule has 5 heteroatoms. The van der Waals surface area contributed by atoms with E-state index in [4.69, 9.17) is 34.8 Å². The Hall–Kier alpha value is -0.440. The van der Waals surface area contributed by atoms with Crippen LogP contribution < -0.4 is 5.32 Å². The van der Waals surface area contributed by atoms with Crippen molar-refractivity contribution in [1.82, 2.24) is 0 Å². The number of carbonyl (C=O) groups is 1. The lowest BCUT2D eigenvalue weighted by Crippen LogP contribution is -2.13. The standard InChI is InChI=1S/C10H8Cl3NO/c11-6-3-8(13)9(4-7(6)12)14-10(15)5-1-2-5/h3-5H,1-2H2,(H,14,15). The highest BCUT2D eigenvalue weighted by Gasteiger charge is 2.29. The van der Waals surface area contributed by atoms with Crippen molar-refractivity contribution in [3.63, 3.8) is 0 Å². The van der Waals surface area contributed by atoms with Crippen LogP contribution in [0.25, 0.3) is 0 Å². The summed E-state index contributed by atoms with van der Waals surface area (Å²) < 4.78 is 0. The normalized spacial score (nSPS) is 15.1. The van der Waals surface area contributed by atoms with Gasteiger partial charge in [-0.05, 0) is 25.0 Å². The second-order valence-corrected chi connectivity index (χ2v) is 4.73. The SMILES string of the molecule is O=C(Nc1cc(Cl)c(Cl)cc1Cl)C1CC1. The van der Waals surface area contributed by atoms with E-state index >= 15 is 0 Å². The molecule has 1 amide bonds. The van der Waals surface area contributed by atoms with E-state index in [2.05, 4.69) is 5.32 Å². The molecule has 1 N–H and O–H groups in total. The minimum absolute atomic E-state index is 0.00436. The van der Waals surface area contributed by atoms with Crippen molar-refractivity contribution in [3.8, 4) is 0 Å². The zero-order chi connectivity index (χ0) is 11.0. The molecule has 0 radical (unpaired) electrons. The molecular formula is C10H8Cl3NO. The molecular weight excluding hydrogens is 256 g/mol. The zero-order valence-corrected chi connectivity index (χ0v) is 9.96. The molecule has 80 valence electrons. The van der Waals surface area contributed by atoms with Crippen LogP contribution in [0.1, 0.15) is 12.8 Å². The van der Waals surface area contributed by atoms with Gasteiger partial charge in [0.2, 0.25) is 5.91 Å². The Morgan fingerprint density at radius 1 is 1.13 bits per heavy atom. The molecule has 0 heterocycles. The molecule has 0 bridgehead atoms. The average molecular weight is 265 g/mol. The van der Waals surface area contributed by atoms with Gasteiger partial charge in [0, 0.05) is 5.92 Å². The van der Waals surface area contributed by atoms with Crippen molar-refractivity contribution < 1.29 is 4.79 Å². The summed E-state index contributed by atoms with van der Waals surface area (Å²) in [5.74, 6) is 0.130. The first kappa shape index (κ1) is 11.1. The van der Waals surface area contributed by atoms with Gasteiger partial charge in [-0.25, -0.2) is 0 Å². The maximum Gasteiger partial charge on any atom is 0.227 e. The number of nitrogens with one attached hydrogen (secondary N) is 1. The minimum Gasteiger partial charge on any atom is -0.324 e. The largest absolute Gasteiger partial charge is 0.324 e. The number of hydrogen-bond donors (Lipinski definition) is 1. The van der Waals surface area contributed by atoms with Gasteiger partial charge in [0.25, 0.3) is 0 Å². The van der Waals surface area contributed by atoms with Crippen LogP contribution in [-0.4, -0.2) is 5.91 Å². The van der Waals surface area contributed by atoms with Gasteiger partial charge in [0.05, 0.1) is 20.8 Å². The van der Waals surface area contributed by atoms with Gasteiger partial charge in [-0.1, -0.05) is 34.8 Å². The Morgan fingerprint density at radius 2 is 1.73 bits per heavy atom. The Kier molecular flexibility index (Phi) is 3.10. The van der Waals surface area contributed by atoms with Gasteiger partial charge >= 0.3 is 0 Å². The third kappa shape index (κ3) is 2.57. The highest BCUT2D eigenvalue weighted by atomic mass is 35.5. The van der Waals surface area contributed by atoms with Gasteiger partial charge in [0.15, 0.2) is 0 Å². The fourth-order valence-electron chi connectivity index (χ4n) is 1.20. The molecule has 0 spiro atoms. The van der Waals surface area contributed by atoms with E-state index in [1.807, 2.05) is 0 Å². The van der Waals surface area contributed by atoms with Crippen molar-refractivity contribution in [2.45, 2.75) is 12.8 Å². The van der Waals surface area contributed by atoms with Gasteiger partial charge in [-0.2, -0.15) is 0 Å². The first-order valence-corrected chi connectivity index (χ1v) is 5.66. The molecule has 1 saturated carbocycles. The third-order valence-electron chi connectivity index (χ3n) is 2.22. The second kappa shape index (κ2) is 4.20. The lowest BCUT2D eigenvalue weighted by Gasteiger charge is -2.07. The fraction of sp³-hybridized carbons (Fsp3) is 0.300. The highest BCUT2D eigenvalue weighted by Crippen LogP contribution is 2.35. The molecule has 0 unspecified atom stereocenters. The van der Waals surface area contributed by atoms with Crippen molar-refractivity contribution in [2.75, 3.05) is 5.32 Å². The first-order valence-electron chi connectivity index (χ1n) is 4.53. The van der Waals surface area contributed by atoms with Crippen LogP contribution in [-0.2, 0) is 4.79 Å². The lowest BCUT2D eigenvalue weighted by atomic mass is 10.3. The van der Waals surface area contributed by atoms with Crippen LogP contribution in [0.15, 0.2) is 12.1 Å². The second-order valence-electron chi connectivity index (χ2n) is 3.51. The molecule has 2 nitrogen and oxygen atoms in total. The number of carbonyl (C=O) groups excluding carboxylic acids is 1.